The average Bonchev–Trinajstić information content (AvgIpc) is 2.82. The van der Waals surface area contributed by atoms with Crippen LogP contribution in [0.1, 0.15) is 36.0 Å². The van der Waals surface area contributed by atoms with E-state index in [-0.39, 0.29) is 0 Å². The smallest absolute Gasteiger partial charge is 0.340 e. The molecular weight excluding hydrogens is 274 g/mol. The van der Waals surface area contributed by atoms with Gasteiger partial charge in [0.25, 0.3) is 10.0 Å². The van der Waals surface area contributed by atoms with Crippen molar-refractivity contribution >= 4 is 16.0 Å². The highest BCUT2D eigenvalue weighted by molar-refractivity contribution is 7.89. The van der Waals surface area contributed by atoms with Crippen LogP contribution in [0.15, 0.2) is 11.2 Å². The third-order valence-electron chi connectivity index (χ3n) is 3.14. The van der Waals surface area contributed by atoms with E-state index in [9.17, 15) is 18.3 Å². The van der Waals surface area contributed by atoms with Crippen molar-refractivity contribution in [1.82, 2.24) is 14.9 Å². The first-order valence-electron chi connectivity index (χ1n) is 5.89. The number of H-pyrrole nitrogens is 1. The van der Waals surface area contributed by atoms with Crippen LogP contribution in [0.25, 0.3) is 0 Å². The SMILES string of the molecule is O=C(O)c1cn[nH]c1S(=O)(=O)N[C@H]1CCCC[C@@H]1O. The van der Waals surface area contributed by atoms with E-state index in [0.717, 1.165) is 19.0 Å². The highest BCUT2D eigenvalue weighted by atomic mass is 32.2. The highest BCUT2D eigenvalue weighted by Gasteiger charge is 2.31. The minimum Gasteiger partial charge on any atom is -0.478 e. The van der Waals surface area contributed by atoms with Crippen molar-refractivity contribution in [2.75, 3.05) is 0 Å². The summed E-state index contributed by atoms with van der Waals surface area (Å²) < 4.78 is 26.5. The molecule has 0 aromatic carbocycles. The van der Waals surface area contributed by atoms with E-state index in [1.54, 1.807) is 0 Å². The molecule has 0 aliphatic heterocycles. The minimum atomic E-state index is -4.03. The van der Waals surface area contributed by atoms with Crippen LogP contribution >= 0.6 is 0 Å². The maximum Gasteiger partial charge on any atom is 0.340 e. The lowest BCUT2D eigenvalue weighted by Gasteiger charge is -2.27. The van der Waals surface area contributed by atoms with Crippen LogP contribution in [-0.2, 0) is 10.0 Å². The Morgan fingerprint density at radius 3 is 2.74 bits per heavy atom. The third-order valence-corrected chi connectivity index (χ3v) is 4.60. The Balaban J connectivity index is 2.22. The van der Waals surface area contributed by atoms with Gasteiger partial charge in [-0.3, -0.25) is 5.10 Å². The lowest BCUT2D eigenvalue weighted by atomic mass is 9.93. The number of aliphatic hydroxyl groups is 1. The Labute approximate surface area is 109 Å². The van der Waals surface area contributed by atoms with Gasteiger partial charge in [0.05, 0.1) is 12.3 Å². The number of aromatic nitrogens is 2. The van der Waals surface area contributed by atoms with Crippen LogP contribution in [0.3, 0.4) is 0 Å². The molecule has 0 bridgehead atoms. The number of nitrogens with one attached hydrogen (secondary N) is 2. The second kappa shape index (κ2) is 5.27. The molecule has 1 saturated carbocycles. The van der Waals surface area contributed by atoms with Crippen LogP contribution in [0.2, 0.25) is 0 Å². The summed E-state index contributed by atoms with van der Waals surface area (Å²) in [5, 5.41) is 23.7. The second-order valence-electron chi connectivity index (χ2n) is 4.50. The van der Waals surface area contributed by atoms with Crippen LogP contribution < -0.4 is 4.72 Å². The Morgan fingerprint density at radius 2 is 2.11 bits per heavy atom. The van der Waals surface area contributed by atoms with E-state index < -0.39 is 38.7 Å². The summed E-state index contributed by atoms with van der Waals surface area (Å²) in [6.07, 6.45) is 2.91. The summed E-state index contributed by atoms with van der Waals surface area (Å²) in [6.45, 7) is 0. The van der Waals surface area contributed by atoms with Gasteiger partial charge in [-0.2, -0.15) is 5.10 Å². The van der Waals surface area contributed by atoms with E-state index in [2.05, 4.69) is 14.9 Å². The fraction of sp³-hybridized carbons (Fsp3) is 0.600. The van der Waals surface area contributed by atoms with Gasteiger partial charge in [0.1, 0.15) is 5.56 Å². The molecule has 0 amide bonds. The monoisotopic (exact) mass is 289 g/mol. The number of aliphatic hydroxyl groups excluding tert-OH is 1. The predicted molar refractivity (Wildman–Crippen MR) is 64.1 cm³/mol. The largest absolute Gasteiger partial charge is 0.478 e. The molecule has 9 heteroatoms. The number of rotatable bonds is 4. The first kappa shape index (κ1) is 14.0. The van der Waals surface area contributed by atoms with Gasteiger partial charge in [-0.25, -0.2) is 17.9 Å². The van der Waals surface area contributed by atoms with E-state index in [4.69, 9.17) is 5.11 Å². The Hall–Kier alpha value is -1.45. The van der Waals surface area contributed by atoms with E-state index in [1.807, 2.05) is 0 Å². The maximum absolute atomic E-state index is 12.1. The fourth-order valence-corrected chi connectivity index (χ4v) is 3.53. The average molecular weight is 289 g/mol. The normalized spacial score (nSPS) is 24.3. The number of nitrogens with zero attached hydrogens (tertiary/aromatic N) is 1. The van der Waals surface area contributed by atoms with Gasteiger partial charge in [-0.05, 0) is 12.8 Å². The number of carbonyl (C=O) groups is 1. The zero-order valence-corrected chi connectivity index (χ0v) is 10.9. The van der Waals surface area contributed by atoms with Gasteiger partial charge in [-0.15, -0.1) is 0 Å². The highest BCUT2D eigenvalue weighted by Crippen LogP contribution is 2.21. The molecule has 1 heterocycles. The fourth-order valence-electron chi connectivity index (χ4n) is 2.14. The zero-order chi connectivity index (χ0) is 14.0. The summed E-state index contributed by atoms with van der Waals surface area (Å²) in [6, 6.07) is -0.594. The Morgan fingerprint density at radius 1 is 1.42 bits per heavy atom. The lowest BCUT2D eigenvalue weighted by molar-refractivity contribution is 0.0692. The summed E-state index contributed by atoms with van der Waals surface area (Å²) in [5.41, 5.74) is -0.419. The van der Waals surface area contributed by atoms with Gasteiger partial charge in [-0.1, -0.05) is 12.8 Å². The van der Waals surface area contributed by atoms with Crippen LogP contribution in [0.5, 0.6) is 0 Å². The Kier molecular flexibility index (Phi) is 3.88. The number of hydrogen-bond acceptors (Lipinski definition) is 5. The van der Waals surface area contributed by atoms with Crippen molar-refractivity contribution in [3.63, 3.8) is 0 Å². The zero-order valence-electron chi connectivity index (χ0n) is 10.0. The molecule has 0 spiro atoms. The second-order valence-corrected chi connectivity index (χ2v) is 6.15. The van der Waals surface area contributed by atoms with E-state index in [0.29, 0.717) is 12.8 Å². The van der Waals surface area contributed by atoms with Crippen LogP contribution in [0, 0.1) is 0 Å². The summed E-state index contributed by atoms with van der Waals surface area (Å²) in [7, 11) is -4.03. The number of carboxylic acid groups (broad SMARTS) is 1. The van der Waals surface area contributed by atoms with Crippen molar-refractivity contribution < 1.29 is 23.4 Å². The number of sulfonamides is 1. The molecule has 1 aliphatic rings. The number of hydrogen-bond donors (Lipinski definition) is 4. The quantitative estimate of drug-likeness (QED) is 0.601. The minimum absolute atomic E-state index is 0.419. The first-order chi connectivity index (χ1) is 8.92. The van der Waals surface area contributed by atoms with Crippen molar-refractivity contribution in [2.45, 2.75) is 42.9 Å². The molecule has 1 fully saturated rings. The Bertz CT molecular complexity index is 567. The molecule has 2 atom stereocenters. The van der Waals surface area contributed by atoms with Gasteiger partial charge < -0.3 is 10.2 Å². The van der Waals surface area contributed by atoms with Crippen molar-refractivity contribution in [2.24, 2.45) is 0 Å². The molecule has 2 rings (SSSR count). The van der Waals surface area contributed by atoms with Gasteiger partial charge in [0.2, 0.25) is 0 Å². The summed E-state index contributed by atoms with van der Waals surface area (Å²) in [4.78, 5) is 10.9. The molecule has 1 aliphatic carbocycles. The van der Waals surface area contributed by atoms with E-state index in [1.165, 1.54) is 0 Å². The summed E-state index contributed by atoms with van der Waals surface area (Å²) in [5.74, 6) is -1.38. The number of carboxylic acids is 1. The van der Waals surface area contributed by atoms with Gasteiger partial charge in [0.15, 0.2) is 5.03 Å². The van der Waals surface area contributed by atoms with Crippen LogP contribution in [0.4, 0.5) is 0 Å². The predicted octanol–water partition coefficient (Wildman–Crippen LogP) is -0.310. The van der Waals surface area contributed by atoms with Crippen molar-refractivity contribution in [1.29, 1.82) is 0 Å². The molecule has 19 heavy (non-hydrogen) atoms. The molecule has 0 saturated heterocycles. The topological polar surface area (TPSA) is 132 Å². The number of aromatic amines is 1. The molecular formula is C10H15N3O5S. The molecule has 0 unspecified atom stereocenters. The summed E-state index contributed by atoms with van der Waals surface area (Å²) >= 11 is 0. The molecule has 1 aromatic heterocycles. The molecule has 8 nitrogen and oxygen atoms in total. The standard InChI is InChI=1S/C10H15N3O5S/c14-8-4-2-1-3-7(8)13-19(17,18)9-6(10(15)16)5-11-12-9/h5,7-8,13-14H,1-4H2,(H,11,12)(H,15,16)/t7-,8-/m0/s1. The molecule has 106 valence electrons. The van der Waals surface area contributed by atoms with Gasteiger partial charge >= 0.3 is 5.97 Å². The molecule has 4 N–H and O–H groups in total. The maximum atomic E-state index is 12.1. The van der Waals surface area contributed by atoms with Crippen molar-refractivity contribution in [3.8, 4) is 0 Å². The number of aromatic carboxylic acids is 1. The van der Waals surface area contributed by atoms with Crippen LogP contribution in [-0.4, -0.2) is 46.9 Å². The lowest BCUT2D eigenvalue weighted by Crippen LogP contribution is -2.45. The first-order valence-corrected chi connectivity index (χ1v) is 7.37. The van der Waals surface area contributed by atoms with Gasteiger partial charge in [0, 0.05) is 6.04 Å². The molecule has 0 radical (unpaired) electrons. The van der Waals surface area contributed by atoms with Crippen molar-refractivity contribution in [3.05, 3.63) is 11.8 Å². The molecule has 1 aromatic rings. The van der Waals surface area contributed by atoms with E-state index >= 15 is 0 Å². The third kappa shape index (κ3) is 2.94.